The summed E-state index contributed by atoms with van der Waals surface area (Å²) in [7, 11) is 0. The average Bonchev–Trinajstić information content (AvgIpc) is 2.77. The van der Waals surface area contributed by atoms with Crippen LogP contribution in [0.2, 0.25) is 0 Å². The molecule has 3 aromatic rings. The van der Waals surface area contributed by atoms with Gasteiger partial charge in [0.2, 0.25) is 0 Å². The zero-order valence-electron chi connectivity index (χ0n) is 11.1. The Hall–Kier alpha value is -2.36. The van der Waals surface area contributed by atoms with E-state index in [1.54, 1.807) is 0 Å². The van der Waals surface area contributed by atoms with Gasteiger partial charge >= 0.3 is 0 Å². The van der Waals surface area contributed by atoms with Crippen LogP contribution in [-0.2, 0) is 6.54 Å². The van der Waals surface area contributed by atoms with E-state index in [4.69, 9.17) is 0 Å². The molecule has 19 heavy (non-hydrogen) atoms. The van der Waals surface area contributed by atoms with E-state index in [9.17, 15) is 0 Å². The van der Waals surface area contributed by atoms with Gasteiger partial charge < -0.3 is 10.3 Å². The van der Waals surface area contributed by atoms with Gasteiger partial charge in [0.05, 0.1) is 23.3 Å². The molecule has 1 aromatic carbocycles. The number of rotatable bonds is 3. The summed E-state index contributed by atoms with van der Waals surface area (Å²) in [6.07, 6.45) is 1.89. The summed E-state index contributed by atoms with van der Waals surface area (Å²) < 4.78 is 0. The van der Waals surface area contributed by atoms with Gasteiger partial charge in [-0.1, -0.05) is 6.07 Å². The van der Waals surface area contributed by atoms with E-state index >= 15 is 0 Å². The summed E-state index contributed by atoms with van der Waals surface area (Å²) in [4.78, 5) is 12.0. The number of hydrogen-bond acceptors (Lipinski definition) is 3. The largest absolute Gasteiger partial charge is 0.379 e. The quantitative estimate of drug-likeness (QED) is 0.752. The number of imidazole rings is 1. The second-order valence-electron chi connectivity index (χ2n) is 4.73. The van der Waals surface area contributed by atoms with Crippen molar-refractivity contribution >= 4 is 16.7 Å². The lowest BCUT2D eigenvalue weighted by Crippen LogP contribution is -2.01. The predicted octanol–water partition coefficient (Wildman–Crippen LogP) is 3.19. The summed E-state index contributed by atoms with van der Waals surface area (Å²) in [5, 5.41) is 3.37. The number of nitrogens with one attached hydrogen (secondary N) is 2. The molecule has 0 spiro atoms. The van der Waals surface area contributed by atoms with Crippen LogP contribution < -0.4 is 5.32 Å². The highest BCUT2D eigenvalue weighted by Crippen LogP contribution is 2.17. The minimum Gasteiger partial charge on any atom is -0.379 e. The van der Waals surface area contributed by atoms with Gasteiger partial charge in [0.1, 0.15) is 5.82 Å². The minimum atomic E-state index is 0.721. The number of pyridine rings is 1. The molecule has 2 aromatic heterocycles. The van der Waals surface area contributed by atoms with Crippen molar-refractivity contribution < 1.29 is 0 Å². The lowest BCUT2D eigenvalue weighted by molar-refractivity contribution is 1.04. The molecule has 4 nitrogen and oxygen atoms in total. The molecule has 0 fully saturated rings. The zero-order valence-corrected chi connectivity index (χ0v) is 11.1. The van der Waals surface area contributed by atoms with Gasteiger partial charge in [0.25, 0.3) is 0 Å². The Balaban J connectivity index is 1.75. The van der Waals surface area contributed by atoms with Crippen molar-refractivity contribution in [1.29, 1.82) is 0 Å². The molecule has 0 amide bonds. The maximum atomic E-state index is 4.39. The first-order chi connectivity index (χ1) is 9.20. The summed E-state index contributed by atoms with van der Waals surface area (Å²) in [6.45, 7) is 4.72. The topological polar surface area (TPSA) is 53.6 Å². The molecule has 96 valence electrons. The molecule has 0 atom stereocenters. The second-order valence-corrected chi connectivity index (χ2v) is 4.73. The highest BCUT2D eigenvalue weighted by Gasteiger charge is 2.01. The Morgan fingerprint density at radius 3 is 2.84 bits per heavy atom. The highest BCUT2D eigenvalue weighted by molar-refractivity contribution is 5.79. The number of fused-ring (bicyclic) bond motifs is 1. The number of hydrogen-bond donors (Lipinski definition) is 2. The Kier molecular flexibility index (Phi) is 2.91. The number of aromatic nitrogens is 3. The predicted molar refractivity (Wildman–Crippen MR) is 77.1 cm³/mol. The summed E-state index contributed by atoms with van der Waals surface area (Å²) in [6, 6.07) is 10.2. The van der Waals surface area contributed by atoms with Crippen molar-refractivity contribution in [2.45, 2.75) is 20.4 Å². The Labute approximate surface area is 111 Å². The molecular formula is C15H16N4. The summed E-state index contributed by atoms with van der Waals surface area (Å²) >= 11 is 0. The van der Waals surface area contributed by atoms with Crippen LogP contribution in [0.4, 0.5) is 5.69 Å². The normalized spacial score (nSPS) is 10.8. The SMILES string of the molecule is Cc1ccc(CNc2ccc3nc(C)[nH]c3c2)nc1. The van der Waals surface area contributed by atoms with Crippen molar-refractivity contribution in [2.75, 3.05) is 5.32 Å². The minimum absolute atomic E-state index is 0.721. The molecule has 0 unspecified atom stereocenters. The first kappa shape index (κ1) is 11.7. The van der Waals surface area contributed by atoms with Gasteiger partial charge in [0.15, 0.2) is 0 Å². The Morgan fingerprint density at radius 2 is 2.05 bits per heavy atom. The van der Waals surface area contributed by atoms with Crippen molar-refractivity contribution in [1.82, 2.24) is 15.0 Å². The smallest absolute Gasteiger partial charge is 0.104 e. The first-order valence-corrected chi connectivity index (χ1v) is 6.32. The van der Waals surface area contributed by atoms with Crippen LogP contribution in [0.3, 0.4) is 0 Å². The molecule has 0 aliphatic heterocycles. The molecule has 3 rings (SSSR count). The first-order valence-electron chi connectivity index (χ1n) is 6.32. The molecule has 0 aliphatic carbocycles. The Morgan fingerprint density at radius 1 is 1.16 bits per heavy atom. The third kappa shape index (κ3) is 2.57. The standard InChI is InChI=1S/C15H16N4/c1-10-3-4-13(16-8-10)9-17-12-5-6-14-15(7-12)19-11(2)18-14/h3-8,17H,9H2,1-2H3,(H,18,19). The van der Waals surface area contributed by atoms with Gasteiger partial charge in [-0.25, -0.2) is 4.98 Å². The van der Waals surface area contributed by atoms with E-state index in [0.29, 0.717) is 0 Å². The van der Waals surface area contributed by atoms with Crippen molar-refractivity contribution in [3.05, 3.63) is 53.6 Å². The van der Waals surface area contributed by atoms with Crippen LogP contribution in [0.1, 0.15) is 17.1 Å². The summed E-state index contributed by atoms with van der Waals surface area (Å²) in [5.74, 6) is 0.937. The lowest BCUT2D eigenvalue weighted by Gasteiger charge is -2.06. The van der Waals surface area contributed by atoms with Crippen molar-refractivity contribution in [2.24, 2.45) is 0 Å². The van der Waals surface area contributed by atoms with Gasteiger partial charge in [-0.15, -0.1) is 0 Å². The summed E-state index contributed by atoms with van der Waals surface area (Å²) in [5.41, 5.74) is 5.33. The van der Waals surface area contributed by atoms with E-state index in [-0.39, 0.29) is 0 Å². The molecule has 2 N–H and O–H groups in total. The van der Waals surface area contributed by atoms with Crippen molar-refractivity contribution in [3.8, 4) is 0 Å². The molecule has 2 heterocycles. The lowest BCUT2D eigenvalue weighted by atomic mass is 10.2. The van der Waals surface area contributed by atoms with Crippen LogP contribution >= 0.6 is 0 Å². The molecule has 0 bridgehead atoms. The third-order valence-electron chi connectivity index (χ3n) is 3.05. The fraction of sp³-hybridized carbons (Fsp3) is 0.200. The van der Waals surface area contributed by atoms with Gasteiger partial charge in [0, 0.05) is 11.9 Å². The number of nitrogens with zero attached hydrogens (tertiary/aromatic N) is 2. The number of H-pyrrole nitrogens is 1. The molecule has 0 aliphatic rings. The highest BCUT2D eigenvalue weighted by atomic mass is 14.9. The van der Waals surface area contributed by atoms with Gasteiger partial charge in [-0.3, -0.25) is 4.98 Å². The van der Waals surface area contributed by atoms with Crippen LogP contribution in [0.15, 0.2) is 36.5 Å². The monoisotopic (exact) mass is 252 g/mol. The molecular weight excluding hydrogens is 236 g/mol. The maximum absolute atomic E-state index is 4.39. The third-order valence-corrected chi connectivity index (χ3v) is 3.05. The Bertz CT molecular complexity index is 698. The van der Waals surface area contributed by atoms with Crippen LogP contribution in [0.25, 0.3) is 11.0 Å². The second kappa shape index (κ2) is 4.72. The van der Waals surface area contributed by atoms with E-state index in [2.05, 4.69) is 32.4 Å². The van der Waals surface area contributed by atoms with E-state index in [1.165, 1.54) is 5.56 Å². The van der Waals surface area contributed by atoms with Crippen LogP contribution in [0, 0.1) is 13.8 Å². The van der Waals surface area contributed by atoms with E-state index in [1.807, 2.05) is 38.2 Å². The zero-order chi connectivity index (χ0) is 13.2. The number of anilines is 1. The fourth-order valence-electron chi connectivity index (χ4n) is 2.04. The molecule has 0 radical (unpaired) electrons. The van der Waals surface area contributed by atoms with Crippen LogP contribution in [-0.4, -0.2) is 15.0 Å². The maximum Gasteiger partial charge on any atom is 0.104 e. The number of benzene rings is 1. The van der Waals surface area contributed by atoms with Crippen LogP contribution in [0.5, 0.6) is 0 Å². The van der Waals surface area contributed by atoms with Crippen molar-refractivity contribution in [3.63, 3.8) is 0 Å². The number of aromatic amines is 1. The molecule has 4 heteroatoms. The van der Waals surface area contributed by atoms with Gasteiger partial charge in [-0.05, 0) is 43.7 Å². The average molecular weight is 252 g/mol. The fourth-order valence-corrected chi connectivity index (χ4v) is 2.04. The van der Waals surface area contributed by atoms with Gasteiger partial charge in [-0.2, -0.15) is 0 Å². The van der Waals surface area contributed by atoms with E-state index in [0.717, 1.165) is 34.8 Å². The molecule has 0 saturated carbocycles. The van der Waals surface area contributed by atoms with E-state index < -0.39 is 0 Å². The number of aryl methyl sites for hydroxylation is 2. The molecule has 0 saturated heterocycles.